The summed E-state index contributed by atoms with van der Waals surface area (Å²) in [6.07, 6.45) is -0.756. The molecule has 7 heteroatoms. The molecule has 0 heterocycles. The number of hydrogen-bond donors (Lipinski definition) is 6. The van der Waals surface area contributed by atoms with E-state index in [0.717, 1.165) is 21.9 Å². The van der Waals surface area contributed by atoms with Gasteiger partial charge in [-0.25, -0.2) is 0 Å². The monoisotopic (exact) mass is 346 g/mol. The lowest BCUT2D eigenvalue weighted by Gasteiger charge is -2.18. The molecule has 0 aliphatic carbocycles. The molecule has 2 aromatic rings. The number of hydroxylamine groups is 1. The highest BCUT2D eigenvalue weighted by atomic mass is 16.5. The Hall–Kier alpha value is -2.48. The molecule has 0 aromatic heterocycles. The smallest absolute Gasteiger partial charge is 0.151 e. The summed E-state index contributed by atoms with van der Waals surface area (Å²) in [5.41, 5.74) is 16.6. The van der Waals surface area contributed by atoms with E-state index in [1.54, 1.807) is 12.1 Å². The molecule has 8 N–H and O–H groups in total. The molecule has 2 rings (SSSR count). The molecule has 0 bridgehead atoms. The molecular weight excluding hydrogens is 320 g/mol. The van der Waals surface area contributed by atoms with Gasteiger partial charge in [-0.1, -0.05) is 0 Å². The molecule has 0 amide bonds. The standard InChI is InChI=1S/C18H26N4O3/c1-2-22(25)13-5-3-12(4-6-13)21-11-15-14(7-10-18(23)24)16(19)8-9-17(15)20/h3-6,8-9,18,21,23-25H,2,7,10-11,19-20H2,1H3. The average molecular weight is 346 g/mol. The maximum Gasteiger partial charge on any atom is 0.151 e. The van der Waals surface area contributed by atoms with Gasteiger partial charge in [0.1, 0.15) is 0 Å². The van der Waals surface area contributed by atoms with Gasteiger partial charge in [-0.3, -0.25) is 10.3 Å². The number of aliphatic hydroxyl groups is 2. The van der Waals surface area contributed by atoms with Crippen LogP contribution in [0.25, 0.3) is 0 Å². The number of benzene rings is 2. The summed E-state index contributed by atoms with van der Waals surface area (Å²) in [5.74, 6) is 0. The summed E-state index contributed by atoms with van der Waals surface area (Å²) in [4.78, 5) is 0. The van der Waals surface area contributed by atoms with Crippen LogP contribution in [0.3, 0.4) is 0 Å². The van der Waals surface area contributed by atoms with Gasteiger partial charge >= 0.3 is 0 Å². The van der Waals surface area contributed by atoms with Gasteiger partial charge in [0.05, 0.1) is 5.69 Å². The second-order valence-corrected chi connectivity index (χ2v) is 5.84. The summed E-state index contributed by atoms with van der Waals surface area (Å²) in [7, 11) is 0. The van der Waals surface area contributed by atoms with Crippen molar-refractivity contribution in [3.63, 3.8) is 0 Å². The molecule has 0 unspecified atom stereocenters. The number of nitrogens with two attached hydrogens (primary N) is 2. The van der Waals surface area contributed by atoms with Crippen LogP contribution in [0.2, 0.25) is 0 Å². The highest BCUT2D eigenvalue weighted by Crippen LogP contribution is 2.26. The molecule has 0 radical (unpaired) electrons. The van der Waals surface area contributed by atoms with Crippen molar-refractivity contribution < 1.29 is 15.4 Å². The third-order valence-electron chi connectivity index (χ3n) is 4.09. The number of nitrogens with zero attached hydrogens (tertiary/aromatic N) is 1. The largest absolute Gasteiger partial charge is 0.398 e. The van der Waals surface area contributed by atoms with Gasteiger partial charge in [0.2, 0.25) is 0 Å². The van der Waals surface area contributed by atoms with E-state index in [1.165, 1.54) is 0 Å². The van der Waals surface area contributed by atoms with Crippen molar-refractivity contribution in [1.29, 1.82) is 0 Å². The summed E-state index contributed by atoms with van der Waals surface area (Å²) >= 11 is 0. The van der Waals surface area contributed by atoms with E-state index in [-0.39, 0.29) is 6.42 Å². The Morgan fingerprint density at radius 2 is 1.60 bits per heavy atom. The highest BCUT2D eigenvalue weighted by molar-refractivity contribution is 5.63. The predicted octanol–water partition coefficient (Wildman–Crippen LogP) is 1.92. The van der Waals surface area contributed by atoms with Crippen molar-refractivity contribution in [1.82, 2.24) is 0 Å². The first kappa shape index (κ1) is 18.9. The Balaban J connectivity index is 2.13. The molecule has 2 aromatic carbocycles. The van der Waals surface area contributed by atoms with Gasteiger partial charge in [0, 0.05) is 36.6 Å². The number of anilines is 4. The minimum Gasteiger partial charge on any atom is -0.398 e. The zero-order valence-electron chi connectivity index (χ0n) is 14.3. The molecule has 136 valence electrons. The normalized spacial score (nSPS) is 10.9. The lowest BCUT2D eigenvalue weighted by molar-refractivity contribution is -0.0446. The molecule has 0 aliphatic rings. The van der Waals surface area contributed by atoms with E-state index >= 15 is 0 Å². The number of nitrogens with one attached hydrogen (secondary N) is 1. The van der Waals surface area contributed by atoms with Crippen LogP contribution in [0.4, 0.5) is 22.7 Å². The fourth-order valence-electron chi connectivity index (χ4n) is 2.63. The zero-order valence-corrected chi connectivity index (χ0v) is 14.3. The van der Waals surface area contributed by atoms with Crippen LogP contribution in [0.5, 0.6) is 0 Å². The first-order chi connectivity index (χ1) is 11.9. The third-order valence-corrected chi connectivity index (χ3v) is 4.09. The van der Waals surface area contributed by atoms with Crippen molar-refractivity contribution in [2.45, 2.75) is 32.6 Å². The van der Waals surface area contributed by atoms with Gasteiger partial charge in [-0.15, -0.1) is 0 Å². The number of rotatable bonds is 8. The molecule has 7 nitrogen and oxygen atoms in total. The Labute approximate surface area is 147 Å². The van der Waals surface area contributed by atoms with Crippen LogP contribution < -0.4 is 21.8 Å². The van der Waals surface area contributed by atoms with Crippen LogP contribution >= 0.6 is 0 Å². The Morgan fingerprint density at radius 3 is 2.16 bits per heavy atom. The van der Waals surface area contributed by atoms with Crippen molar-refractivity contribution in [3.05, 3.63) is 47.5 Å². The van der Waals surface area contributed by atoms with Gasteiger partial charge in [0.15, 0.2) is 6.29 Å². The Kier molecular flexibility index (Phi) is 6.46. The van der Waals surface area contributed by atoms with E-state index in [9.17, 15) is 5.21 Å². The Bertz CT molecular complexity index is 689. The van der Waals surface area contributed by atoms with E-state index in [2.05, 4.69) is 5.32 Å². The van der Waals surface area contributed by atoms with E-state index in [1.807, 2.05) is 31.2 Å². The van der Waals surface area contributed by atoms with Crippen LogP contribution in [0, 0.1) is 0 Å². The van der Waals surface area contributed by atoms with E-state index < -0.39 is 6.29 Å². The molecule has 25 heavy (non-hydrogen) atoms. The van der Waals surface area contributed by atoms with Gasteiger partial charge in [-0.2, -0.15) is 0 Å². The molecule has 0 aliphatic heterocycles. The summed E-state index contributed by atoms with van der Waals surface area (Å²) in [5, 5.41) is 32.3. The van der Waals surface area contributed by atoms with Crippen molar-refractivity contribution in [2.75, 3.05) is 28.4 Å². The van der Waals surface area contributed by atoms with Crippen LogP contribution in [-0.2, 0) is 13.0 Å². The van der Waals surface area contributed by atoms with Crippen LogP contribution in [-0.4, -0.2) is 28.3 Å². The van der Waals surface area contributed by atoms with E-state index in [4.69, 9.17) is 21.7 Å². The topological polar surface area (TPSA) is 128 Å². The average Bonchev–Trinajstić information content (AvgIpc) is 2.61. The Morgan fingerprint density at radius 1 is 1.00 bits per heavy atom. The third kappa shape index (κ3) is 4.99. The number of hydrogen-bond acceptors (Lipinski definition) is 7. The molecule has 0 fully saturated rings. The summed E-state index contributed by atoms with van der Waals surface area (Å²) < 4.78 is 0. The maximum absolute atomic E-state index is 9.68. The summed E-state index contributed by atoms with van der Waals surface area (Å²) in [6, 6.07) is 10.9. The quantitative estimate of drug-likeness (QED) is 0.245. The van der Waals surface area contributed by atoms with Gasteiger partial charge < -0.3 is 27.0 Å². The number of aliphatic hydroxyl groups excluding tert-OH is 1. The lowest BCUT2D eigenvalue weighted by Crippen LogP contribution is -2.16. The lowest BCUT2D eigenvalue weighted by atomic mass is 9.98. The molecule has 0 saturated heterocycles. The van der Waals surface area contributed by atoms with Crippen molar-refractivity contribution in [2.24, 2.45) is 0 Å². The van der Waals surface area contributed by atoms with Gasteiger partial charge in [0.25, 0.3) is 0 Å². The summed E-state index contributed by atoms with van der Waals surface area (Å²) in [6.45, 7) is 2.83. The number of nitrogen functional groups attached to an aromatic ring is 2. The molecule has 0 saturated carbocycles. The highest BCUT2D eigenvalue weighted by Gasteiger charge is 2.12. The van der Waals surface area contributed by atoms with Crippen LogP contribution in [0.15, 0.2) is 36.4 Å². The second kappa shape index (κ2) is 8.57. The molecule has 0 atom stereocenters. The molecule has 0 spiro atoms. The maximum atomic E-state index is 9.68. The van der Waals surface area contributed by atoms with Crippen LogP contribution in [0.1, 0.15) is 24.5 Å². The second-order valence-electron chi connectivity index (χ2n) is 5.84. The zero-order chi connectivity index (χ0) is 18.4. The predicted molar refractivity (Wildman–Crippen MR) is 100 cm³/mol. The van der Waals surface area contributed by atoms with Crippen molar-refractivity contribution >= 4 is 22.7 Å². The first-order valence-electron chi connectivity index (χ1n) is 8.24. The SMILES string of the molecule is CCN(O)c1ccc(NCc2c(N)ccc(N)c2CCC(O)O)cc1. The minimum absolute atomic E-state index is 0.193. The van der Waals surface area contributed by atoms with E-state index in [0.29, 0.717) is 36.6 Å². The van der Waals surface area contributed by atoms with Gasteiger partial charge in [-0.05, 0) is 60.9 Å². The first-order valence-corrected chi connectivity index (χ1v) is 8.24. The molecular formula is C18H26N4O3. The fraction of sp³-hybridized carbons (Fsp3) is 0.333. The minimum atomic E-state index is -1.38. The fourth-order valence-corrected chi connectivity index (χ4v) is 2.63. The van der Waals surface area contributed by atoms with Crippen molar-refractivity contribution in [3.8, 4) is 0 Å².